The molecule has 4 saturated carbocycles. The number of aliphatic hydroxyl groups is 2. The topological polar surface area (TPSA) is 94.9 Å². The van der Waals surface area contributed by atoms with Crippen LogP contribution in [0.2, 0.25) is 0 Å². The van der Waals surface area contributed by atoms with Crippen molar-refractivity contribution in [3.63, 3.8) is 0 Å². The number of nitrogens with one attached hydrogen (secondary N) is 1. The van der Waals surface area contributed by atoms with Crippen LogP contribution in [0.3, 0.4) is 0 Å². The summed E-state index contributed by atoms with van der Waals surface area (Å²) in [6.07, 6.45) is 10.6. The van der Waals surface area contributed by atoms with Crippen molar-refractivity contribution in [2.75, 3.05) is 0 Å². The molecule has 1 aromatic heterocycles. The molecule has 4 fully saturated rings. The van der Waals surface area contributed by atoms with Gasteiger partial charge < -0.3 is 10.2 Å². The van der Waals surface area contributed by atoms with Crippen LogP contribution in [0.1, 0.15) is 98.2 Å². The van der Waals surface area contributed by atoms with Crippen LogP contribution in [0.4, 0.5) is 0 Å². The highest BCUT2D eigenvalue weighted by Gasteiger charge is 2.69. The molecular formula is C27H46N4O2. The molecule has 0 radical (unpaired) electrons. The minimum atomic E-state index is -0.234. The molecule has 1 heterocycles. The van der Waals surface area contributed by atoms with Crippen LogP contribution in [-0.2, 0) is 6.42 Å². The van der Waals surface area contributed by atoms with E-state index in [1.54, 1.807) is 0 Å². The number of hydrogen-bond acceptors (Lipinski definition) is 5. The van der Waals surface area contributed by atoms with E-state index in [4.69, 9.17) is 0 Å². The molecule has 0 aliphatic heterocycles. The Morgan fingerprint density at radius 3 is 2.48 bits per heavy atom. The largest absolute Gasteiger partial charge is 0.393 e. The number of rotatable bonds is 5. The Kier molecular flexibility index (Phi) is 5.96. The lowest BCUT2D eigenvalue weighted by atomic mass is 9.38. The molecule has 1 aromatic rings. The van der Waals surface area contributed by atoms with Gasteiger partial charge in [0, 0.05) is 6.42 Å². The van der Waals surface area contributed by atoms with Gasteiger partial charge in [-0.3, -0.25) is 0 Å². The molecule has 0 saturated heterocycles. The van der Waals surface area contributed by atoms with Crippen LogP contribution >= 0.6 is 0 Å². The van der Waals surface area contributed by atoms with E-state index in [1.165, 1.54) is 25.7 Å². The fraction of sp³-hybridized carbons (Fsp3) is 0.963. The Hall–Kier alpha value is -1.01. The summed E-state index contributed by atoms with van der Waals surface area (Å²) in [4.78, 5) is 0. The summed E-state index contributed by atoms with van der Waals surface area (Å²) in [5.74, 6) is 3.94. The molecule has 6 nitrogen and oxygen atoms in total. The molecule has 33 heavy (non-hydrogen) atoms. The van der Waals surface area contributed by atoms with Gasteiger partial charge in [-0.2, -0.15) is 0 Å². The van der Waals surface area contributed by atoms with Crippen molar-refractivity contribution < 1.29 is 10.2 Å². The Morgan fingerprint density at radius 2 is 1.79 bits per heavy atom. The maximum absolute atomic E-state index is 12.0. The third-order valence-electron chi connectivity index (χ3n) is 12.2. The number of aromatic nitrogens is 4. The second-order valence-electron chi connectivity index (χ2n) is 13.1. The smallest absolute Gasteiger partial charge is 0.148 e. The second kappa shape index (κ2) is 8.29. The number of aliphatic hydroxyl groups excluding tert-OH is 2. The highest BCUT2D eigenvalue weighted by molar-refractivity contribution is 5.17. The van der Waals surface area contributed by atoms with E-state index in [2.05, 4.69) is 55.2 Å². The monoisotopic (exact) mass is 458 g/mol. The molecule has 3 unspecified atom stereocenters. The maximum atomic E-state index is 12.0. The Balaban J connectivity index is 1.43. The minimum absolute atomic E-state index is 0.179. The maximum Gasteiger partial charge on any atom is 0.148 e. The molecular weight excluding hydrogens is 412 g/mol. The molecule has 186 valence electrons. The average molecular weight is 459 g/mol. The standard InChI is InChI=1S/C27H46N4O2/c1-6-18-21-15-17(32)9-12-25(21,3)20-11-13-26(4)19(10-14-27(26,5)23(20)24(18)33)16(2)7-8-22-28-30-31-29-22/h16-21,23-24,32-33H,6-15H2,1-5H3,(H,28,29,30,31)/t16-,17-,18-,19-,20?,21+,23-,24-,25?,26?,27+/m1/s1. The normalized spacial score (nSPS) is 50.3. The van der Waals surface area contributed by atoms with E-state index in [9.17, 15) is 10.2 Å². The molecule has 0 aromatic carbocycles. The van der Waals surface area contributed by atoms with E-state index in [0.29, 0.717) is 35.5 Å². The number of H-pyrrole nitrogens is 1. The van der Waals surface area contributed by atoms with E-state index < -0.39 is 0 Å². The number of tetrazole rings is 1. The number of aryl methyl sites for hydroxylation is 1. The molecule has 11 atom stereocenters. The minimum Gasteiger partial charge on any atom is -0.393 e. The fourth-order valence-corrected chi connectivity index (χ4v) is 10.2. The predicted octanol–water partition coefficient (Wildman–Crippen LogP) is 4.79. The van der Waals surface area contributed by atoms with Crippen LogP contribution in [0.25, 0.3) is 0 Å². The highest BCUT2D eigenvalue weighted by Crippen LogP contribution is 2.74. The zero-order chi connectivity index (χ0) is 23.6. The number of fused-ring (bicyclic) bond motifs is 5. The van der Waals surface area contributed by atoms with Crippen LogP contribution in [0.15, 0.2) is 0 Å². The second-order valence-corrected chi connectivity index (χ2v) is 13.1. The van der Waals surface area contributed by atoms with Gasteiger partial charge in [-0.05, 0) is 114 Å². The van der Waals surface area contributed by atoms with Gasteiger partial charge in [-0.15, -0.1) is 5.10 Å². The zero-order valence-corrected chi connectivity index (χ0v) is 21.4. The summed E-state index contributed by atoms with van der Waals surface area (Å²) in [5.41, 5.74) is 0.709. The predicted molar refractivity (Wildman–Crippen MR) is 128 cm³/mol. The first-order valence-electron chi connectivity index (χ1n) is 13.7. The van der Waals surface area contributed by atoms with E-state index >= 15 is 0 Å². The van der Waals surface area contributed by atoms with Crippen molar-refractivity contribution in [2.24, 2.45) is 51.8 Å². The quantitative estimate of drug-likeness (QED) is 0.590. The summed E-state index contributed by atoms with van der Waals surface area (Å²) in [7, 11) is 0. The van der Waals surface area contributed by atoms with Crippen LogP contribution in [-0.4, -0.2) is 43.0 Å². The van der Waals surface area contributed by atoms with Crippen molar-refractivity contribution in [3.8, 4) is 0 Å². The summed E-state index contributed by atoms with van der Waals surface area (Å²) in [6.45, 7) is 12.3. The molecule has 4 aliphatic rings. The van der Waals surface area contributed by atoms with Crippen molar-refractivity contribution in [3.05, 3.63) is 5.82 Å². The lowest BCUT2D eigenvalue weighted by Crippen LogP contribution is -2.65. The Labute approximate surface area is 199 Å². The van der Waals surface area contributed by atoms with Crippen molar-refractivity contribution >= 4 is 0 Å². The molecule has 6 heteroatoms. The van der Waals surface area contributed by atoms with Crippen LogP contribution in [0, 0.1) is 51.8 Å². The summed E-state index contributed by atoms with van der Waals surface area (Å²) in [6, 6.07) is 0. The SMILES string of the molecule is CC[C@H]1[C@@H](O)[C@H]2C(CCC3(C)[C@@H]([C@H](C)CCc4nnn[nH]4)CC[C@@]23C)C2(C)CC[C@@H](O)C[C@@H]12. The first-order valence-corrected chi connectivity index (χ1v) is 13.7. The molecule has 0 spiro atoms. The zero-order valence-electron chi connectivity index (χ0n) is 21.4. The Morgan fingerprint density at radius 1 is 1.03 bits per heavy atom. The van der Waals surface area contributed by atoms with E-state index in [0.717, 1.165) is 44.3 Å². The summed E-state index contributed by atoms with van der Waals surface area (Å²) < 4.78 is 0. The van der Waals surface area contributed by atoms with Gasteiger partial charge in [0.2, 0.25) is 0 Å². The van der Waals surface area contributed by atoms with Crippen molar-refractivity contribution in [2.45, 2.75) is 111 Å². The summed E-state index contributed by atoms with van der Waals surface area (Å²) >= 11 is 0. The molecule has 3 N–H and O–H groups in total. The van der Waals surface area contributed by atoms with Crippen molar-refractivity contribution in [1.82, 2.24) is 20.6 Å². The fourth-order valence-electron chi connectivity index (χ4n) is 10.2. The molecule has 0 amide bonds. The Bertz CT molecular complexity index is 832. The van der Waals surface area contributed by atoms with E-state index in [1.807, 2.05) is 0 Å². The number of hydrogen-bond donors (Lipinski definition) is 3. The van der Waals surface area contributed by atoms with Gasteiger partial charge in [0.05, 0.1) is 12.2 Å². The van der Waals surface area contributed by atoms with E-state index in [-0.39, 0.29) is 28.5 Å². The van der Waals surface area contributed by atoms with Gasteiger partial charge >= 0.3 is 0 Å². The van der Waals surface area contributed by atoms with Gasteiger partial charge in [-0.1, -0.05) is 41.0 Å². The lowest BCUT2D eigenvalue weighted by molar-refractivity contribution is -0.230. The molecule has 0 bridgehead atoms. The third kappa shape index (κ3) is 3.36. The van der Waals surface area contributed by atoms with Gasteiger partial charge in [-0.25, -0.2) is 5.10 Å². The number of nitrogens with zero attached hydrogens (tertiary/aromatic N) is 3. The van der Waals surface area contributed by atoms with Crippen LogP contribution in [0.5, 0.6) is 0 Å². The third-order valence-corrected chi connectivity index (χ3v) is 12.2. The average Bonchev–Trinajstić information content (AvgIpc) is 3.39. The lowest BCUT2D eigenvalue weighted by Gasteiger charge is -2.68. The first kappa shape index (κ1) is 23.7. The summed E-state index contributed by atoms with van der Waals surface area (Å²) in [5, 5.41) is 37.0. The molecule has 5 rings (SSSR count). The first-order chi connectivity index (χ1) is 15.7. The van der Waals surface area contributed by atoms with Gasteiger partial charge in [0.25, 0.3) is 0 Å². The van der Waals surface area contributed by atoms with Crippen molar-refractivity contribution in [1.29, 1.82) is 0 Å². The highest BCUT2D eigenvalue weighted by atomic mass is 16.3. The van der Waals surface area contributed by atoms with Crippen LogP contribution < -0.4 is 0 Å². The van der Waals surface area contributed by atoms with Gasteiger partial charge in [0.1, 0.15) is 5.82 Å². The number of aromatic amines is 1. The molecule has 4 aliphatic carbocycles. The van der Waals surface area contributed by atoms with Gasteiger partial charge in [0.15, 0.2) is 0 Å².